The molecular formula is C12H25N. The smallest absolute Gasteiger partial charge is 0.00618 e. The van der Waals surface area contributed by atoms with Gasteiger partial charge in [-0.1, -0.05) is 27.2 Å². The standard InChI is InChI=1S/C12H25N/c1-9(2)11(4)13-8-12-6-5-10(3)7-12/h9-13H,5-8H2,1-4H3. The van der Waals surface area contributed by atoms with Crippen LogP contribution in [0.2, 0.25) is 0 Å². The van der Waals surface area contributed by atoms with Crippen molar-refractivity contribution in [3.63, 3.8) is 0 Å². The lowest BCUT2D eigenvalue weighted by Gasteiger charge is -2.20. The van der Waals surface area contributed by atoms with Gasteiger partial charge in [0.15, 0.2) is 0 Å². The van der Waals surface area contributed by atoms with Crippen LogP contribution in [0.3, 0.4) is 0 Å². The molecule has 13 heavy (non-hydrogen) atoms. The summed E-state index contributed by atoms with van der Waals surface area (Å²) in [4.78, 5) is 0. The molecule has 3 atom stereocenters. The minimum atomic E-state index is 0.677. The van der Waals surface area contributed by atoms with Gasteiger partial charge in [0.2, 0.25) is 0 Å². The van der Waals surface area contributed by atoms with Gasteiger partial charge >= 0.3 is 0 Å². The molecule has 0 saturated heterocycles. The minimum Gasteiger partial charge on any atom is -0.314 e. The second-order valence-electron chi connectivity index (χ2n) is 5.23. The molecule has 0 radical (unpaired) electrons. The summed E-state index contributed by atoms with van der Waals surface area (Å²) in [5.41, 5.74) is 0. The van der Waals surface area contributed by atoms with E-state index in [2.05, 4.69) is 33.0 Å². The largest absolute Gasteiger partial charge is 0.314 e. The molecule has 0 aromatic carbocycles. The van der Waals surface area contributed by atoms with Crippen LogP contribution in [0.4, 0.5) is 0 Å². The van der Waals surface area contributed by atoms with Crippen molar-refractivity contribution < 1.29 is 0 Å². The SMILES string of the molecule is CC1CCC(CNC(C)C(C)C)C1. The topological polar surface area (TPSA) is 12.0 Å². The normalized spacial score (nSPS) is 31.2. The van der Waals surface area contributed by atoms with E-state index in [4.69, 9.17) is 0 Å². The number of hydrogen-bond donors (Lipinski definition) is 1. The van der Waals surface area contributed by atoms with Crippen LogP contribution >= 0.6 is 0 Å². The summed E-state index contributed by atoms with van der Waals surface area (Å²) in [6.07, 6.45) is 4.33. The number of hydrogen-bond acceptors (Lipinski definition) is 1. The molecule has 1 saturated carbocycles. The fourth-order valence-corrected chi connectivity index (χ4v) is 2.10. The predicted molar refractivity (Wildman–Crippen MR) is 58.8 cm³/mol. The lowest BCUT2D eigenvalue weighted by atomic mass is 10.0. The monoisotopic (exact) mass is 183 g/mol. The van der Waals surface area contributed by atoms with E-state index < -0.39 is 0 Å². The van der Waals surface area contributed by atoms with Gasteiger partial charge in [0.25, 0.3) is 0 Å². The summed E-state index contributed by atoms with van der Waals surface area (Å²) >= 11 is 0. The van der Waals surface area contributed by atoms with Crippen LogP contribution in [0.5, 0.6) is 0 Å². The van der Waals surface area contributed by atoms with Crippen LogP contribution in [0.25, 0.3) is 0 Å². The van der Waals surface area contributed by atoms with Gasteiger partial charge in [-0.2, -0.15) is 0 Å². The van der Waals surface area contributed by atoms with Gasteiger partial charge in [0.05, 0.1) is 0 Å². The molecule has 1 aliphatic rings. The van der Waals surface area contributed by atoms with E-state index in [1.807, 2.05) is 0 Å². The van der Waals surface area contributed by atoms with E-state index in [0.717, 1.165) is 17.8 Å². The molecule has 0 amide bonds. The minimum absolute atomic E-state index is 0.677. The summed E-state index contributed by atoms with van der Waals surface area (Å²) in [6, 6.07) is 0.677. The summed E-state index contributed by atoms with van der Waals surface area (Å²) in [5.74, 6) is 2.69. The van der Waals surface area contributed by atoms with E-state index in [-0.39, 0.29) is 0 Å². The highest BCUT2D eigenvalue weighted by molar-refractivity contribution is 4.76. The van der Waals surface area contributed by atoms with Gasteiger partial charge in [-0.15, -0.1) is 0 Å². The van der Waals surface area contributed by atoms with Crippen LogP contribution < -0.4 is 5.32 Å². The van der Waals surface area contributed by atoms with Gasteiger partial charge in [-0.3, -0.25) is 0 Å². The number of nitrogens with one attached hydrogen (secondary N) is 1. The first-order chi connectivity index (χ1) is 6.09. The van der Waals surface area contributed by atoms with Crippen LogP contribution in [0.15, 0.2) is 0 Å². The van der Waals surface area contributed by atoms with Crippen molar-refractivity contribution in [3.8, 4) is 0 Å². The Labute approximate surface area is 83.3 Å². The average Bonchev–Trinajstić information content (AvgIpc) is 2.47. The highest BCUT2D eigenvalue weighted by atomic mass is 14.9. The van der Waals surface area contributed by atoms with Gasteiger partial charge in [0.1, 0.15) is 0 Å². The van der Waals surface area contributed by atoms with Crippen LogP contribution in [0, 0.1) is 17.8 Å². The first-order valence-electron chi connectivity index (χ1n) is 5.83. The molecule has 0 aromatic heterocycles. The molecule has 1 aliphatic carbocycles. The Hall–Kier alpha value is -0.0400. The molecule has 0 aliphatic heterocycles. The fraction of sp³-hybridized carbons (Fsp3) is 1.00. The van der Waals surface area contributed by atoms with Crippen molar-refractivity contribution in [2.45, 2.75) is 53.0 Å². The zero-order valence-electron chi connectivity index (χ0n) is 9.64. The van der Waals surface area contributed by atoms with E-state index >= 15 is 0 Å². The third-order valence-electron chi connectivity index (χ3n) is 3.53. The highest BCUT2D eigenvalue weighted by Crippen LogP contribution is 2.29. The Morgan fingerprint density at radius 2 is 1.92 bits per heavy atom. The summed E-state index contributed by atoms with van der Waals surface area (Å²) in [5, 5.41) is 3.64. The molecule has 3 unspecified atom stereocenters. The van der Waals surface area contributed by atoms with E-state index in [0.29, 0.717) is 6.04 Å². The third kappa shape index (κ3) is 3.68. The van der Waals surface area contributed by atoms with Crippen molar-refractivity contribution in [2.24, 2.45) is 17.8 Å². The Kier molecular flexibility index (Phi) is 4.24. The lowest BCUT2D eigenvalue weighted by Crippen LogP contribution is -2.34. The van der Waals surface area contributed by atoms with Gasteiger partial charge in [-0.25, -0.2) is 0 Å². The second kappa shape index (κ2) is 4.99. The molecule has 1 rings (SSSR count). The maximum Gasteiger partial charge on any atom is 0.00618 e. The van der Waals surface area contributed by atoms with E-state index in [1.165, 1.54) is 25.8 Å². The van der Waals surface area contributed by atoms with Crippen molar-refractivity contribution >= 4 is 0 Å². The molecule has 1 fully saturated rings. The second-order valence-corrected chi connectivity index (χ2v) is 5.23. The van der Waals surface area contributed by atoms with Crippen molar-refractivity contribution in [2.75, 3.05) is 6.54 Å². The molecule has 1 heteroatoms. The molecule has 0 aromatic rings. The van der Waals surface area contributed by atoms with Gasteiger partial charge in [-0.05, 0) is 44.1 Å². The Morgan fingerprint density at radius 3 is 2.38 bits per heavy atom. The molecule has 1 N–H and O–H groups in total. The zero-order valence-corrected chi connectivity index (χ0v) is 9.64. The average molecular weight is 183 g/mol. The summed E-state index contributed by atoms with van der Waals surface area (Å²) in [6.45, 7) is 10.5. The van der Waals surface area contributed by atoms with E-state index in [1.54, 1.807) is 0 Å². The molecule has 0 heterocycles. The molecule has 1 nitrogen and oxygen atoms in total. The first kappa shape index (κ1) is 11.0. The molecule has 78 valence electrons. The Balaban J connectivity index is 2.12. The quantitative estimate of drug-likeness (QED) is 0.706. The fourth-order valence-electron chi connectivity index (χ4n) is 2.10. The van der Waals surface area contributed by atoms with Crippen LogP contribution in [-0.2, 0) is 0 Å². The molecule has 0 bridgehead atoms. The summed E-state index contributed by atoms with van der Waals surface area (Å²) < 4.78 is 0. The first-order valence-corrected chi connectivity index (χ1v) is 5.83. The predicted octanol–water partition coefficient (Wildman–Crippen LogP) is 3.06. The summed E-state index contributed by atoms with van der Waals surface area (Å²) in [7, 11) is 0. The van der Waals surface area contributed by atoms with Crippen molar-refractivity contribution in [3.05, 3.63) is 0 Å². The van der Waals surface area contributed by atoms with Gasteiger partial charge < -0.3 is 5.32 Å². The third-order valence-corrected chi connectivity index (χ3v) is 3.53. The zero-order chi connectivity index (χ0) is 9.84. The van der Waals surface area contributed by atoms with E-state index in [9.17, 15) is 0 Å². The molecule has 0 spiro atoms. The maximum absolute atomic E-state index is 3.64. The Bertz CT molecular complexity index is 142. The molecular weight excluding hydrogens is 158 g/mol. The number of rotatable bonds is 4. The Morgan fingerprint density at radius 1 is 1.23 bits per heavy atom. The highest BCUT2D eigenvalue weighted by Gasteiger charge is 2.21. The lowest BCUT2D eigenvalue weighted by molar-refractivity contribution is 0.379. The van der Waals surface area contributed by atoms with Crippen LogP contribution in [0.1, 0.15) is 47.0 Å². The van der Waals surface area contributed by atoms with Crippen molar-refractivity contribution in [1.82, 2.24) is 5.32 Å². The van der Waals surface area contributed by atoms with Crippen molar-refractivity contribution in [1.29, 1.82) is 0 Å². The maximum atomic E-state index is 3.64. The van der Waals surface area contributed by atoms with Crippen LogP contribution in [-0.4, -0.2) is 12.6 Å². The van der Waals surface area contributed by atoms with Gasteiger partial charge in [0, 0.05) is 6.04 Å².